The van der Waals surface area contributed by atoms with E-state index in [9.17, 15) is 0 Å². The molecular weight excluding hydrogens is 244 g/mol. The maximum atomic E-state index is 5.90. The Bertz CT molecular complexity index is 534. The average Bonchev–Trinajstić information content (AvgIpc) is 2.92. The van der Waals surface area contributed by atoms with Crippen LogP contribution < -0.4 is 5.73 Å². The van der Waals surface area contributed by atoms with Gasteiger partial charge in [0.05, 0.1) is 5.01 Å². The van der Waals surface area contributed by atoms with Crippen molar-refractivity contribution >= 4 is 11.3 Å². The lowest BCUT2D eigenvalue weighted by Gasteiger charge is -2.40. The molecule has 0 amide bonds. The zero-order valence-electron chi connectivity index (χ0n) is 10.6. The standard InChI is InChI=1S/C14H18N2OS/c1-10-3-4-12(17-10)11-8-18-13(16-11)7-14(9-15)5-2-6-14/h3-4,8H,2,5-7,9,15H2,1H3. The largest absolute Gasteiger partial charge is 0.460 e. The molecule has 0 atom stereocenters. The third kappa shape index (κ3) is 2.10. The number of aryl methyl sites for hydroxylation is 1. The van der Waals surface area contributed by atoms with Crippen molar-refractivity contribution in [2.24, 2.45) is 11.1 Å². The third-order valence-electron chi connectivity index (χ3n) is 3.92. The number of furan rings is 1. The summed E-state index contributed by atoms with van der Waals surface area (Å²) in [6, 6.07) is 3.96. The zero-order chi connectivity index (χ0) is 12.6. The first-order valence-electron chi connectivity index (χ1n) is 6.42. The molecular formula is C14H18N2OS. The molecule has 0 spiro atoms. The maximum Gasteiger partial charge on any atom is 0.153 e. The van der Waals surface area contributed by atoms with Gasteiger partial charge >= 0.3 is 0 Å². The Kier molecular flexibility index (Phi) is 2.99. The van der Waals surface area contributed by atoms with Crippen LogP contribution in [0.5, 0.6) is 0 Å². The highest BCUT2D eigenvalue weighted by Crippen LogP contribution is 2.43. The second-order valence-corrected chi connectivity index (χ2v) is 6.21. The van der Waals surface area contributed by atoms with Crippen molar-refractivity contribution in [3.8, 4) is 11.5 Å². The van der Waals surface area contributed by atoms with Crippen LogP contribution in [0, 0.1) is 12.3 Å². The van der Waals surface area contributed by atoms with E-state index >= 15 is 0 Å². The Morgan fingerprint density at radius 2 is 2.28 bits per heavy atom. The number of hydrogen-bond donors (Lipinski definition) is 1. The van der Waals surface area contributed by atoms with E-state index in [1.165, 1.54) is 24.3 Å². The first-order valence-corrected chi connectivity index (χ1v) is 7.30. The Balaban J connectivity index is 1.77. The normalized spacial score (nSPS) is 17.7. The summed E-state index contributed by atoms with van der Waals surface area (Å²) in [4.78, 5) is 4.68. The monoisotopic (exact) mass is 262 g/mol. The van der Waals surface area contributed by atoms with E-state index in [2.05, 4.69) is 10.4 Å². The fourth-order valence-electron chi connectivity index (χ4n) is 2.53. The van der Waals surface area contributed by atoms with Gasteiger partial charge in [-0.1, -0.05) is 6.42 Å². The molecule has 4 heteroatoms. The molecule has 2 N–H and O–H groups in total. The lowest BCUT2D eigenvalue weighted by Crippen LogP contribution is -2.39. The van der Waals surface area contributed by atoms with Crippen molar-refractivity contribution < 1.29 is 4.42 Å². The SMILES string of the molecule is Cc1ccc(-c2csc(CC3(CN)CCC3)n2)o1. The van der Waals surface area contributed by atoms with Crippen molar-refractivity contribution in [2.75, 3.05) is 6.54 Å². The molecule has 0 radical (unpaired) electrons. The summed E-state index contributed by atoms with van der Waals surface area (Å²) in [6.07, 6.45) is 4.83. The number of hydrogen-bond acceptors (Lipinski definition) is 4. The van der Waals surface area contributed by atoms with E-state index in [-0.39, 0.29) is 0 Å². The summed E-state index contributed by atoms with van der Waals surface area (Å²) in [5.41, 5.74) is 7.18. The molecule has 3 rings (SSSR count). The van der Waals surface area contributed by atoms with Crippen molar-refractivity contribution in [2.45, 2.75) is 32.6 Å². The first kappa shape index (κ1) is 11.9. The Hall–Kier alpha value is -1.13. The van der Waals surface area contributed by atoms with E-state index in [1.54, 1.807) is 11.3 Å². The summed E-state index contributed by atoms with van der Waals surface area (Å²) in [6.45, 7) is 2.73. The van der Waals surface area contributed by atoms with Gasteiger partial charge in [0.25, 0.3) is 0 Å². The minimum absolute atomic E-state index is 0.328. The van der Waals surface area contributed by atoms with E-state index < -0.39 is 0 Å². The Morgan fingerprint density at radius 1 is 1.44 bits per heavy atom. The summed E-state index contributed by atoms with van der Waals surface area (Å²) in [5, 5.41) is 3.26. The van der Waals surface area contributed by atoms with E-state index in [0.29, 0.717) is 5.41 Å². The van der Waals surface area contributed by atoms with Crippen LogP contribution in [-0.2, 0) is 6.42 Å². The molecule has 1 fully saturated rings. The Labute approximate surface area is 111 Å². The van der Waals surface area contributed by atoms with Gasteiger partial charge in [0.15, 0.2) is 5.76 Å². The van der Waals surface area contributed by atoms with Gasteiger partial charge < -0.3 is 10.2 Å². The quantitative estimate of drug-likeness (QED) is 0.919. The average molecular weight is 262 g/mol. The van der Waals surface area contributed by atoms with Gasteiger partial charge in [-0.2, -0.15) is 0 Å². The van der Waals surface area contributed by atoms with Crippen LogP contribution in [0.15, 0.2) is 21.9 Å². The number of nitrogens with zero attached hydrogens (tertiary/aromatic N) is 1. The highest BCUT2D eigenvalue weighted by Gasteiger charge is 2.36. The molecule has 3 nitrogen and oxygen atoms in total. The minimum Gasteiger partial charge on any atom is -0.460 e. The molecule has 2 aromatic rings. The molecule has 1 saturated carbocycles. The van der Waals surface area contributed by atoms with Crippen LogP contribution >= 0.6 is 11.3 Å². The molecule has 0 aliphatic heterocycles. The van der Waals surface area contributed by atoms with Crippen LogP contribution in [0.1, 0.15) is 30.0 Å². The van der Waals surface area contributed by atoms with E-state index in [1.807, 2.05) is 19.1 Å². The third-order valence-corrected chi connectivity index (χ3v) is 4.77. The van der Waals surface area contributed by atoms with Gasteiger partial charge in [-0.05, 0) is 43.9 Å². The fourth-order valence-corrected chi connectivity index (χ4v) is 3.49. The molecule has 2 aromatic heterocycles. The highest BCUT2D eigenvalue weighted by molar-refractivity contribution is 7.09. The van der Waals surface area contributed by atoms with Crippen molar-refractivity contribution in [3.05, 3.63) is 28.3 Å². The molecule has 2 heterocycles. The molecule has 1 aliphatic carbocycles. The second-order valence-electron chi connectivity index (χ2n) is 5.27. The predicted octanol–water partition coefficient (Wildman–Crippen LogP) is 3.38. The van der Waals surface area contributed by atoms with Crippen molar-refractivity contribution in [1.82, 2.24) is 4.98 Å². The predicted molar refractivity (Wildman–Crippen MR) is 73.6 cm³/mol. The topological polar surface area (TPSA) is 52.0 Å². The molecule has 18 heavy (non-hydrogen) atoms. The summed E-state index contributed by atoms with van der Waals surface area (Å²) in [7, 11) is 0. The van der Waals surface area contributed by atoms with Crippen molar-refractivity contribution in [3.63, 3.8) is 0 Å². The minimum atomic E-state index is 0.328. The summed E-state index contributed by atoms with van der Waals surface area (Å²) in [5.74, 6) is 1.79. The van der Waals surface area contributed by atoms with E-state index in [0.717, 1.165) is 30.2 Å². The van der Waals surface area contributed by atoms with Gasteiger partial charge in [0, 0.05) is 11.8 Å². The molecule has 96 valence electrons. The van der Waals surface area contributed by atoms with Gasteiger partial charge in [-0.15, -0.1) is 11.3 Å². The molecule has 0 saturated heterocycles. The number of nitrogens with two attached hydrogens (primary N) is 1. The van der Waals surface area contributed by atoms with Gasteiger partial charge in [0.2, 0.25) is 0 Å². The van der Waals surface area contributed by atoms with Crippen molar-refractivity contribution in [1.29, 1.82) is 0 Å². The molecule has 0 aromatic carbocycles. The Morgan fingerprint density at radius 3 is 2.83 bits per heavy atom. The van der Waals surface area contributed by atoms with Gasteiger partial charge in [-0.3, -0.25) is 0 Å². The number of thiazole rings is 1. The molecule has 1 aliphatic rings. The van der Waals surface area contributed by atoms with Crippen LogP contribution in [0.25, 0.3) is 11.5 Å². The van der Waals surface area contributed by atoms with Gasteiger partial charge in [-0.25, -0.2) is 4.98 Å². The summed E-state index contributed by atoms with van der Waals surface area (Å²) < 4.78 is 5.60. The zero-order valence-corrected chi connectivity index (χ0v) is 11.4. The number of rotatable bonds is 4. The second kappa shape index (κ2) is 4.52. The van der Waals surface area contributed by atoms with Crippen LogP contribution in [0.3, 0.4) is 0 Å². The van der Waals surface area contributed by atoms with Crippen LogP contribution in [-0.4, -0.2) is 11.5 Å². The number of aromatic nitrogens is 1. The van der Waals surface area contributed by atoms with Crippen LogP contribution in [0.4, 0.5) is 0 Å². The summed E-state index contributed by atoms with van der Waals surface area (Å²) >= 11 is 1.72. The fraction of sp³-hybridized carbons (Fsp3) is 0.500. The highest BCUT2D eigenvalue weighted by atomic mass is 32.1. The maximum absolute atomic E-state index is 5.90. The first-order chi connectivity index (χ1) is 8.71. The lowest BCUT2D eigenvalue weighted by atomic mass is 9.67. The van der Waals surface area contributed by atoms with E-state index in [4.69, 9.17) is 10.2 Å². The van der Waals surface area contributed by atoms with Crippen LogP contribution in [0.2, 0.25) is 0 Å². The van der Waals surface area contributed by atoms with Gasteiger partial charge in [0.1, 0.15) is 11.5 Å². The lowest BCUT2D eigenvalue weighted by molar-refractivity contribution is 0.145. The molecule has 0 unspecified atom stereocenters. The molecule has 0 bridgehead atoms. The smallest absolute Gasteiger partial charge is 0.153 e.